The molecule has 2 rings (SSSR count). The minimum atomic E-state index is 0.0160. The largest absolute Gasteiger partial charge is 0.355 e. The summed E-state index contributed by atoms with van der Waals surface area (Å²) in [4.78, 5) is 14.6. The summed E-state index contributed by atoms with van der Waals surface area (Å²) >= 11 is 0. The second-order valence-electron chi connectivity index (χ2n) is 6.19. The van der Waals surface area contributed by atoms with Crippen molar-refractivity contribution in [1.29, 1.82) is 0 Å². The van der Waals surface area contributed by atoms with Crippen molar-refractivity contribution in [2.75, 3.05) is 26.2 Å². The molecular weight excluding hydrogens is 238 g/mol. The molecule has 1 amide bonds. The quantitative estimate of drug-likeness (QED) is 0.711. The Hall–Kier alpha value is -0.610. The van der Waals surface area contributed by atoms with Crippen LogP contribution in [-0.2, 0) is 4.79 Å². The van der Waals surface area contributed by atoms with Crippen molar-refractivity contribution in [3.8, 4) is 0 Å². The van der Waals surface area contributed by atoms with E-state index >= 15 is 0 Å². The minimum absolute atomic E-state index is 0.0160. The minimum Gasteiger partial charge on any atom is -0.355 e. The van der Waals surface area contributed by atoms with Crippen molar-refractivity contribution in [1.82, 2.24) is 15.5 Å². The van der Waals surface area contributed by atoms with Gasteiger partial charge in [0.2, 0.25) is 5.91 Å². The van der Waals surface area contributed by atoms with Crippen LogP contribution in [0.15, 0.2) is 0 Å². The summed E-state index contributed by atoms with van der Waals surface area (Å²) in [5.41, 5.74) is 0. The molecule has 19 heavy (non-hydrogen) atoms. The maximum absolute atomic E-state index is 12.2. The number of amides is 1. The first-order chi connectivity index (χ1) is 9.15. The molecular formula is C15H29N3O. The summed E-state index contributed by atoms with van der Waals surface area (Å²) in [5.74, 6) is 1.68. The molecule has 0 radical (unpaired) electrons. The van der Waals surface area contributed by atoms with Crippen LogP contribution >= 0.6 is 0 Å². The second-order valence-corrected chi connectivity index (χ2v) is 6.19. The highest BCUT2D eigenvalue weighted by Crippen LogP contribution is 2.33. The Bertz CT molecular complexity index is 308. The van der Waals surface area contributed by atoms with Gasteiger partial charge in [-0.25, -0.2) is 0 Å². The Balaban J connectivity index is 1.79. The molecule has 0 aliphatic carbocycles. The van der Waals surface area contributed by atoms with Crippen molar-refractivity contribution >= 4 is 5.91 Å². The van der Waals surface area contributed by atoms with E-state index < -0.39 is 0 Å². The van der Waals surface area contributed by atoms with Crippen LogP contribution in [0.1, 0.15) is 40.0 Å². The molecule has 2 aliphatic rings. The Morgan fingerprint density at radius 2 is 2.21 bits per heavy atom. The van der Waals surface area contributed by atoms with E-state index in [9.17, 15) is 4.79 Å². The normalized spacial score (nSPS) is 32.3. The monoisotopic (exact) mass is 267 g/mol. The first-order valence-electron chi connectivity index (χ1n) is 7.89. The van der Waals surface area contributed by atoms with Gasteiger partial charge in [-0.2, -0.15) is 0 Å². The maximum Gasteiger partial charge on any atom is 0.237 e. The van der Waals surface area contributed by atoms with Crippen LogP contribution in [-0.4, -0.2) is 49.1 Å². The predicted octanol–water partition coefficient (Wildman–Crippen LogP) is 1.22. The van der Waals surface area contributed by atoms with Crippen LogP contribution in [0.5, 0.6) is 0 Å². The summed E-state index contributed by atoms with van der Waals surface area (Å²) < 4.78 is 0. The van der Waals surface area contributed by atoms with Crippen LogP contribution in [0.4, 0.5) is 0 Å². The van der Waals surface area contributed by atoms with Crippen LogP contribution in [0.3, 0.4) is 0 Å². The lowest BCUT2D eigenvalue weighted by Crippen LogP contribution is -2.48. The predicted molar refractivity (Wildman–Crippen MR) is 78.0 cm³/mol. The van der Waals surface area contributed by atoms with Crippen LogP contribution in [0, 0.1) is 11.8 Å². The Labute approximate surface area is 117 Å². The third kappa shape index (κ3) is 3.29. The number of nitrogens with zero attached hydrogens (tertiary/aromatic N) is 1. The fraction of sp³-hybridized carbons (Fsp3) is 0.933. The average Bonchev–Trinajstić information content (AvgIpc) is 2.97. The van der Waals surface area contributed by atoms with E-state index in [2.05, 4.69) is 36.3 Å². The van der Waals surface area contributed by atoms with Crippen molar-refractivity contribution in [3.05, 3.63) is 0 Å². The number of nitrogens with one attached hydrogen (secondary N) is 2. The third-order valence-corrected chi connectivity index (χ3v) is 4.94. The van der Waals surface area contributed by atoms with Crippen molar-refractivity contribution in [2.24, 2.45) is 11.8 Å². The Morgan fingerprint density at radius 3 is 2.89 bits per heavy atom. The van der Waals surface area contributed by atoms with Gasteiger partial charge in [0.05, 0.1) is 6.04 Å². The number of rotatable bonds is 6. The van der Waals surface area contributed by atoms with Gasteiger partial charge in [-0.05, 0) is 45.2 Å². The first-order valence-corrected chi connectivity index (χ1v) is 7.89. The Morgan fingerprint density at radius 1 is 1.42 bits per heavy atom. The van der Waals surface area contributed by atoms with Crippen molar-refractivity contribution < 1.29 is 4.79 Å². The molecule has 2 fully saturated rings. The van der Waals surface area contributed by atoms with E-state index in [0.717, 1.165) is 44.4 Å². The summed E-state index contributed by atoms with van der Waals surface area (Å²) in [6.07, 6.45) is 3.50. The number of hydrogen-bond donors (Lipinski definition) is 2. The van der Waals surface area contributed by atoms with E-state index in [1.54, 1.807) is 0 Å². The number of fused-ring (bicyclic) bond motifs is 1. The Kier molecular flexibility index (Phi) is 5.22. The zero-order valence-corrected chi connectivity index (χ0v) is 12.6. The van der Waals surface area contributed by atoms with E-state index in [0.29, 0.717) is 6.04 Å². The lowest BCUT2D eigenvalue weighted by molar-refractivity contribution is -0.126. The second kappa shape index (κ2) is 6.71. The maximum atomic E-state index is 12.2. The smallest absolute Gasteiger partial charge is 0.237 e. The highest BCUT2D eigenvalue weighted by molar-refractivity contribution is 5.81. The van der Waals surface area contributed by atoms with E-state index in [1.165, 1.54) is 12.8 Å². The fourth-order valence-electron chi connectivity index (χ4n) is 3.60. The van der Waals surface area contributed by atoms with E-state index in [-0.39, 0.29) is 11.9 Å². The van der Waals surface area contributed by atoms with Gasteiger partial charge in [0, 0.05) is 19.1 Å². The van der Waals surface area contributed by atoms with Crippen LogP contribution in [0.2, 0.25) is 0 Å². The van der Waals surface area contributed by atoms with Gasteiger partial charge in [-0.1, -0.05) is 19.8 Å². The number of likely N-dealkylation sites (tertiary alicyclic amines) is 1. The van der Waals surface area contributed by atoms with Gasteiger partial charge in [0.1, 0.15) is 0 Å². The molecule has 4 unspecified atom stereocenters. The highest BCUT2D eigenvalue weighted by Gasteiger charge is 2.44. The summed E-state index contributed by atoms with van der Waals surface area (Å²) in [7, 11) is 0. The van der Waals surface area contributed by atoms with Crippen molar-refractivity contribution in [2.45, 2.75) is 52.1 Å². The summed E-state index contributed by atoms with van der Waals surface area (Å²) in [5, 5.41) is 6.55. The SMILES string of the molecule is CCCCCNC(=O)C(C)N1CC2CNCC2C1C. The van der Waals surface area contributed by atoms with Gasteiger partial charge in [-0.15, -0.1) is 0 Å². The number of unbranched alkanes of at least 4 members (excludes halogenated alkanes) is 2. The molecule has 4 nitrogen and oxygen atoms in total. The molecule has 2 N–H and O–H groups in total. The molecule has 0 aromatic carbocycles. The average molecular weight is 267 g/mol. The van der Waals surface area contributed by atoms with E-state index in [4.69, 9.17) is 0 Å². The van der Waals surface area contributed by atoms with Gasteiger partial charge in [0.15, 0.2) is 0 Å². The zero-order chi connectivity index (χ0) is 13.8. The molecule has 2 aliphatic heterocycles. The zero-order valence-electron chi connectivity index (χ0n) is 12.6. The van der Waals surface area contributed by atoms with Crippen molar-refractivity contribution in [3.63, 3.8) is 0 Å². The summed E-state index contributed by atoms with van der Waals surface area (Å²) in [6, 6.07) is 0.540. The van der Waals surface area contributed by atoms with Gasteiger partial charge in [-0.3, -0.25) is 9.69 Å². The molecule has 4 atom stereocenters. The fourth-order valence-corrected chi connectivity index (χ4v) is 3.60. The summed E-state index contributed by atoms with van der Waals surface area (Å²) in [6.45, 7) is 10.7. The number of hydrogen-bond acceptors (Lipinski definition) is 3. The standard InChI is InChI=1S/C15H29N3O/c1-4-5-6-7-17-15(19)12(3)18-10-13-8-16-9-14(13)11(18)2/h11-14,16H,4-10H2,1-3H3,(H,17,19). The number of carbonyl (C=O) groups excluding carboxylic acids is 1. The van der Waals surface area contributed by atoms with Gasteiger partial charge in [0.25, 0.3) is 0 Å². The van der Waals surface area contributed by atoms with Gasteiger partial charge >= 0.3 is 0 Å². The molecule has 4 heteroatoms. The molecule has 0 aromatic heterocycles. The molecule has 0 spiro atoms. The first kappa shape index (κ1) is 14.8. The molecule has 0 saturated carbocycles. The van der Waals surface area contributed by atoms with E-state index in [1.807, 2.05) is 0 Å². The molecule has 2 saturated heterocycles. The number of carbonyl (C=O) groups is 1. The topological polar surface area (TPSA) is 44.4 Å². The van der Waals surface area contributed by atoms with Gasteiger partial charge < -0.3 is 10.6 Å². The lowest BCUT2D eigenvalue weighted by atomic mass is 9.95. The molecule has 110 valence electrons. The highest BCUT2D eigenvalue weighted by atomic mass is 16.2. The molecule has 0 aromatic rings. The van der Waals surface area contributed by atoms with Crippen LogP contribution < -0.4 is 10.6 Å². The molecule has 2 heterocycles. The third-order valence-electron chi connectivity index (χ3n) is 4.94. The van der Waals surface area contributed by atoms with Crippen LogP contribution in [0.25, 0.3) is 0 Å². The molecule has 0 bridgehead atoms. The lowest BCUT2D eigenvalue weighted by Gasteiger charge is -2.29.